The average molecular weight is 372 g/mol. The lowest BCUT2D eigenvalue weighted by molar-refractivity contribution is -0.391. The smallest absolute Gasteiger partial charge is 0.384 e. The van der Waals surface area contributed by atoms with Gasteiger partial charge >= 0.3 is 11.8 Å². The van der Waals surface area contributed by atoms with E-state index in [0.717, 1.165) is 6.07 Å². The molecule has 0 unspecified atom stereocenters. The molecule has 1 aromatic rings. The molecule has 1 heterocycles. The van der Waals surface area contributed by atoms with E-state index in [-0.39, 0.29) is 15.9 Å². The van der Waals surface area contributed by atoms with E-state index in [0.29, 0.717) is 0 Å². The highest BCUT2D eigenvalue weighted by atomic mass is 127. The Morgan fingerprint density at radius 2 is 2.28 bits per heavy atom. The van der Waals surface area contributed by atoms with Gasteiger partial charge in [-0.25, -0.2) is 13.6 Å². The minimum atomic E-state index is -3.04. The standard InChI is InChI=1S/C9H7F2IN2O4/c1-2-18-9(15)6-5(12)3-4(7(10)11)8(13-6)14(16)17/h3,7H,2H2,1H3. The number of rotatable bonds is 4. The largest absolute Gasteiger partial charge is 0.460 e. The number of hydrogen-bond donors (Lipinski definition) is 0. The Morgan fingerprint density at radius 3 is 2.72 bits per heavy atom. The van der Waals surface area contributed by atoms with Gasteiger partial charge in [0, 0.05) is 0 Å². The maximum Gasteiger partial charge on any atom is 0.384 e. The molecule has 0 aromatic carbocycles. The molecule has 0 radical (unpaired) electrons. The first-order chi connectivity index (χ1) is 8.38. The maximum absolute atomic E-state index is 12.6. The normalized spacial score (nSPS) is 10.5. The number of hydrogen-bond acceptors (Lipinski definition) is 5. The summed E-state index contributed by atoms with van der Waals surface area (Å²) in [5, 5.41) is 10.6. The van der Waals surface area contributed by atoms with Crippen LogP contribution in [0.3, 0.4) is 0 Å². The van der Waals surface area contributed by atoms with Gasteiger partial charge in [-0.3, -0.25) is 0 Å². The van der Waals surface area contributed by atoms with Crippen LogP contribution in [0, 0.1) is 13.7 Å². The van der Waals surface area contributed by atoms with E-state index in [2.05, 4.69) is 9.72 Å². The number of nitrogens with zero attached hydrogens (tertiary/aromatic N) is 2. The first-order valence-corrected chi connectivity index (χ1v) is 5.76. The van der Waals surface area contributed by atoms with E-state index in [4.69, 9.17) is 0 Å². The third-order valence-corrected chi connectivity index (χ3v) is 2.68. The third-order valence-electron chi connectivity index (χ3n) is 1.86. The Labute approximate surface area is 114 Å². The molecule has 18 heavy (non-hydrogen) atoms. The SMILES string of the molecule is CCOC(=O)c1nc([N+](=O)[O-])c(C(F)F)cc1I. The first kappa shape index (κ1) is 14.7. The molecular formula is C9H7F2IN2O4. The van der Waals surface area contributed by atoms with Crippen LogP contribution >= 0.6 is 22.6 Å². The monoisotopic (exact) mass is 372 g/mol. The van der Waals surface area contributed by atoms with E-state index in [1.54, 1.807) is 29.5 Å². The van der Waals surface area contributed by atoms with Crippen molar-refractivity contribution < 1.29 is 23.2 Å². The molecule has 1 aromatic heterocycles. The highest BCUT2D eigenvalue weighted by Gasteiger charge is 2.30. The molecule has 0 saturated carbocycles. The van der Waals surface area contributed by atoms with Gasteiger partial charge in [0.2, 0.25) is 0 Å². The van der Waals surface area contributed by atoms with Crippen molar-refractivity contribution in [2.45, 2.75) is 13.3 Å². The number of alkyl halides is 2. The molecule has 6 nitrogen and oxygen atoms in total. The second-order valence-electron chi connectivity index (χ2n) is 3.01. The lowest BCUT2D eigenvalue weighted by Gasteiger charge is -2.04. The molecule has 0 fully saturated rings. The topological polar surface area (TPSA) is 82.3 Å². The van der Waals surface area contributed by atoms with E-state index < -0.39 is 28.7 Å². The van der Waals surface area contributed by atoms with Crippen molar-refractivity contribution in [2.75, 3.05) is 6.61 Å². The number of nitro groups is 1. The summed E-state index contributed by atoms with van der Waals surface area (Å²) in [6, 6.07) is 0.864. The van der Waals surface area contributed by atoms with Gasteiger partial charge in [-0.05, 0) is 45.5 Å². The summed E-state index contributed by atoms with van der Waals surface area (Å²) >= 11 is 1.60. The average Bonchev–Trinajstić information content (AvgIpc) is 2.28. The van der Waals surface area contributed by atoms with Crippen LogP contribution in [0.1, 0.15) is 29.4 Å². The fourth-order valence-corrected chi connectivity index (χ4v) is 1.82. The Hall–Kier alpha value is -1.39. The van der Waals surface area contributed by atoms with Crippen LogP contribution in [0.4, 0.5) is 14.6 Å². The fraction of sp³-hybridized carbons (Fsp3) is 0.333. The molecule has 98 valence electrons. The number of pyridine rings is 1. The summed E-state index contributed by atoms with van der Waals surface area (Å²) in [6.07, 6.45) is -3.04. The predicted octanol–water partition coefficient (Wildman–Crippen LogP) is 2.71. The van der Waals surface area contributed by atoms with Crippen molar-refractivity contribution in [3.8, 4) is 0 Å². The summed E-state index contributed by atoms with van der Waals surface area (Å²) in [5.41, 5.74) is -1.16. The Kier molecular flexibility index (Phi) is 4.87. The summed E-state index contributed by atoms with van der Waals surface area (Å²) in [6.45, 7) is 1.60. The quantitative estimate of drug-likeness (QED) is 0.351. The maximum atomic E-state index is 12.6. The van der Waals surface area contributed by atoms with Crippen LogP contribution in [0.5, 0.6) is 0 Å². The van der Waals surface area contributed by atoms with E-state index in [9.17, 15) is 23.7 Å². The molecule has 0 saturated heterocycles. The fourth-order valence-electron chi connectivity index (χ4n) is 1.14. The van der Waals surface area contributed by atoms with Gasteiger partial charge in [-0.2, -0.15) is 0 Å². The highest BCUT2D eigenvalue weighted by molar-refractivity contribution is 14.1. The predicted molar refractivity (Wildman–Crippen MR) is 64.5 cm³/mol. The number of esters is 1. The lowest BCUT2D eigenvalue weighted by atomic mass is 10.2. The van der Waals surface area contributed by atoms with Gasteiger partial charge in [0.05, 0.1) is 10.2 Å². The number of ether oxygens (including phenoxy) is 1. The molecule has 0 amide bonds. The zero-order chi connectivity index (χ0) is 13.9. The van der Waals surface area contributed by atoms with E-state index >= 15 is 0 Å². The van der Waals surface area contributed by atoms with Gasteiger partial charge < -0.3 is 14.9 Å². The van der Waals surface area contributed by atoms with Gasteiger partial charge in [0.1, 0.15) is 5.56 Å². The summed E-state index contributed by atoms with van der Waals surface area (Å²) in [7, 11) is 0. The summed E-state index contributed by atoms with van der Waals surface area (Å²) in [5.74, 6) is -1.92. The third kappa shape index (κ3) is 3.09. The van der Waals surface area contributed by atoms with Crippen LogP contribution in [0.15, 0.2) is 6.07 Å². The Bertz CT molecular complexity index is 496. The number of halogens is 3. The zero-order valence-corrected chi connectivity index (χ0v) is 11.2. The van der Waals surface area contributed by atoms with Crippen molar-refractivity contribution in [1.29, 1.82) is 0 Å². The molecule has 0 aliphatic carbocycles. The molecule has 0 aliphatic heterocycles. The van der Waals surface area contributed by atoms with Crippen molar-refractivity contribution >= 4 is 34.4 Å². The Morgan fingerprint density at radius 1 is 1.67 bits per heavy atom. The number of aromatic nitrogens is 1. The van der Waals surface area contributed by atoms with Crippen LogP contribution in [0.25, 0.3) is 0 Å². The van der Waals surface area contributed by atoms with Crippen LogP contribution in [-0.2, 0) is 4.74 Å². The molecule has 9 heteroatoms. The molecule has 0 atom stereocenters. The molecule has 1 rings (SSSR count). The first-order valence-electron chi connectivity index (χ1n) is 4.68. The van der Waals surface area contributed by atoms with Crippen molar-refractivity contribution in [3.63, 3.8) is 0 Å². The van der Waals surface area contributed by atoms with E-state index in [1.165, 1.54) is 0 Å². The second-order valence-corrected chi connectivity index (χ2v) is 4.17. The van der Waals surface area contributed by atoms with Crippen LogP contribution < -0.4 is 0 Å². The van der Waals surface area contributed by atoms with Crippen molar-refractivity contribution in [3.05, 3.63) is 31.0 Å². The van der Waals surface area contributed by atoms with Gasteiger partial charge in [-0.15, -0.1) is 0 Å². The molecule has 0 bridgehead atoms. The van der Waals surface area contributed by atoms with Crippen molar-refractivity contribution in [2.24, 2.45) is 0 Å². The molecule has 0 aliphatic rings. The summed E-state index contributed by atoms with van der Waals surface area (Å²) in [4.78, 5) is 24.3. The minimum Gasteiger partial charge on any atom is -0.460 e. The Balaban J connectivity index is 3.36. The number of carbonyl (C=O) groups excluding carboxylic acids is 1. The lowest BCUT2D eigenvalue weighted by Crippen LogP contribution is -2.12. The van der Waals surface area contributed by atoms with Crippen molar-refractivity contribution in [1.82, 2.24) is 4.98 Å². The van der Waals surface area contributed by atoms with Gasteiger partial charge in [-0.1, -0.05) is 0 Å². The second kappa shape index (κ2) is 5.98. The van der Waals surface area contributed by atoms with Gasteiger partial charge in [0.15, 0.2) is 0 Å². The molecular weight excluding hydrogens is 365 g/mol. The van der Waals surface area contributed by atoms with Gasteiger partial charge in [0.25, 0.3) is 12.1 Å². The number of carbonyl (C=O) groups is 1. The molecule has 0 N–H and O–H groups in total. The minimum absolute atomic E-state index is 0.0565. The highest BCUT2D eigenvalue weighted by Crippen LogP contribution is 2.30. The van der Waals surface area contributed by atoms with Crippen LogP contribution in [0.2, 0.25) is 0 Å². The zero-order valence-electron chi connectivity index (χ0n) is 9.02. The van der Waals surface area contributed by atoms with E-state index in [1.807, 2.05) is 0 Å². The summed E-state index contributed by atoms with van der Waals surface area (Å²) < 4.78 is 29.9. The molecule has 0 spiro atoms. The van der Waals surface area contributed by atoms with Crippen LogP contribution in [-0.4, -0.2) is 22.5 Å².